The van der Waals surface area contributed by atoms with Gasteiger partial charge in [-0.3, -0.25) is 4.90 Å². The van der Waals surface area contributed by atoms with E-state index in [4.69, 9.17) is 4.74 Å². The Balaban J connectivity index is 1.17. The maximum Gasteiger partial charge on any atom is 0.321 e. The van der Waals surface area contributed by atoms with Crippen molar-refractivity contribution in [3.63, 3.8) is 0 Å². The molecule has 0 spiro atoms. The molecule has 1 aromatic heterocycles. The third kappa shape index (κ3) is 5.78. The number of thiazole rings is 1. The van der Waals surface area contributed by atoms with Gasteiger partial charge in [-0.2, -0.15) is 0 Å². The van der Waals surface area contributed by atoms with Crippen molar-refractivity contribution in [1.82, 2.24) is 14.8 Å². The molecule has 29 heavy (non-hydrogen) atoms. The van der Waals surface area contributed by atoms with Crippen LogP contribution < -0.4 is 5.32 Å². The molecule has 6 nitrogen and oxygen atoms in total. The summed E-state index contributed by atoms with van der Waals surface area (Å²) in [5, 5.41) is 6.00. The number of likely N-dealkylation sites (tertiary alicyclic amines) is 1. The standard InChI is InChI=1S/C22H30N4O2S/c27-22(24-20-5-3-19(4-6-20)21-23-9-17-29-21)26-11-7-18(8-12-26)2-1-10-25-13-15-28-16-14-25/h3-6,9,17-18H,1-2,7-8,10-16H2,(H,24,27). The van der Waals surface area contributed by atoms with Crippen LogP contribution in [0, 0.1) is 5.92 Å². The number of rotatable bonds is 6. The number of piperidine rings is 1. The Kier molecular flexibility index (Phi) is 7.14. The van der Waals surface area contributed by atoms with Gasteiger partial charge in [-0.1, -0.05) is 0 Å². The molecule has 2 aliphatic heterocycles. The van der Waals surface area contributed by atoms with E-state index in [1.807, 2.05) is 40.7 Å². The van der Waals surface area contributed by atoms with Crippen LogP contribution in [0.4, 0.5) is 10.5 Å². The highest BCUT2D eigenvalue weighted by Gasteiger charge is 2.23. The zero-order chi connectivity index (χ0) is 19.9. The summed E-state index contributed by atoms with van der Waals surface area (Å²) in [5.41, 5.74) is 1.92. The van der Waals surface area contributed by atoms with Crippen molar-refractivity contribution in [1.29, 1.82) is 0 Å². The molecule has 4 rings (SSSR count). The number of nitrogens with one attached hydrogen (secondary N) is 1. The van der Waals surface area contributed by atoms with E-state index in [0.29, 0.717) is 0 Å². The number of urea groups is 1. The summed E-state index contributed by atoms with van der Waals surface area (Å²) in [7, 11) is 0. The molecule has 7 heteroatoms. The number of hydrogen-bond donors (Lipinski definition) is 1. The maximum atomic E-state index is 12.6. The van der Waals surface area contributed by atoms with Gasteiger partial charge in [-0.25, -0.2) is 9.78 Å². The molecule has 1 N–H and O–H groups in total. The van der Waals surface area contributed by atoms with Crippen LogP contribution in [0.25, 0.3) is 10.6 Å². The van der Waals surface area contributed by atoms with Crippen molar-refractivity contribution < 1.29 is 9.53 Å². The lowest BCUT2D eigenvalue weighted by Crippen LogP contribution is -2.41. The second-order valence-electron chi connectivity index (χ2n) is 7.87. The van der Waals surface area contributed by atoms with E-state index in [1.165, 1.54) is 19.4 Å². The highest BCUT2D eigenvalue weighted by molar-refractivity contribution is 7.13. The van der Waals surface area contributed by atoms with Crippen molar-refractivity contribution in [2.24, 2.45) is 5.92 Å². The van der Waals surface area contributed by atoms with Gasteiger partial charge in [0.05, 0.1) is 13.2 Å². The number of anilines is 1. The molecule has 0 aliphatic carbocycles. The predicted octanol–water partition coefficient (Wildman–Crippen LogP) is 4.17. The summed E-state index contributed by atoms with van der Waals surface area (Å²) in [6.07, 6.45) is 6.55. The zero-order valence-electron chi connectivity index (χ0n) is 16.9. The smallest absolute Gasteiger partial charge is 0.321 e. The molecular weight excluding hydrogens is 384 g/mol. The second-order valence-corrected chi connectivity index (χ2v) is 8.77. The first-order valence-corrected chi connectivity index (χ1v) is 11.5. The molecule has 0 saturated carbocycles. The molecule has 0 unspecified atom stereocenters. The predicted molar refractivity (Wildman–Crippen MR) is 117 cm³/mol. The van der Waals surface area contributed by atoms with Gasteiger partial charge in [0.15, 0.2) is 0 Å². The van der Waals surface area contributed by atoms with Gasteiger partial charge < -0.3 is 15.0 Å². The van der Waals surface area contributed by atoms with Crippen LogP contribution in [0.2, 0.25) is 0 Å². The number of hydrogen-bond acceptors (Lipinski definition) is 5. The van der Waals surface area contributed by atoms with Gasteiger partial charge in [0.25, 0.3) is 0 Å². The highest BCUT2D eigenvalue weighted by atomic mass is 32.1. The molecule has 3 heterocycles. The minimum absolute atomic E-state index is 0.0127. The summed E-state index contributed by atoms with van der Waals surface area (Å²) in [4.78, 5) is 21.4. The van der Waals surface area contributed by atoms with Crippen LogP contribution in [-0.4, -0.2) is 66.8 Å². The Hall–Kier alpha value is -1.96. The highest BCUT2D eigenvalue weighted by Crippen LogP contribution is 2.25. The Morgan fingerprint density at radius 2 is 1.90 bits per heavy atom. The Morgan fingerprint density at radius 3 is 2.59 bits per heavy atom. The fourth-order valence-electron chi connectivity index (χ4n) is 4.12. The van der Waals surface area contributed by atoms with Gasteiger partial charge in [0.2, 0.25) is 0 Å². The van der Waals surface area contributed by atoms with E-state index < -0.39 is 0 Å². The lowest BCUT2D eigenvalue weighted by molar-refractivity contribution is 0.0363. The third-order valence-corrected chi connectivity index (χ3v) is 6.73. The van der Waals surface area contributed by atoms with E-state index in [1.54, 1.807) is 11.3 Å². The first-order valence-electron chi connectivity index (χ1n) is 10.6. The molecule has 2 aromatic rings. The van der Waals surface area contributed by atoms with E-state index >= 15 is 0 Å². The molecule has 156 valence electrons. The molecule has 2 aliphatic rings. The largest absolute Gasteiger partial charge is 0.379 e. The van der Waals surface area contributed by atoms with E-state index in [0.717, 1.165) is 74.4 Å². The summed E-state index contributed by atoms with van der Waals surface area (Å²) in [6.45, 7) is 6.78. The number of morpholine rings is 1. The molecule has 0 radical (unpaired) electrons. The van der Waals surface area contributed by atoms with Crippen LogP contribution in [0.15, 0.2) is 35.8 Å². The molecule has 0 bridgehead atoms. The monoisotopic (exact) mass is 414 g/mol. The molecule has 0 atom stereocenters. The van der Waals surface area contributed by atoms with Gasteiger partial charge >= 0.3 is 6.03 Å². The first-order chi connectivity index (χ1) is 14.3. The van der Waals surface area contributed by atoms with E-state index in [9.17, 15) is 4.79 Å². The molecular formula is C22H30N4O2S. The maximum absolute atomic E-state index is 12.6. The molecule has 1 aromatic carbocycles. The van der Waals surface area contributed by atoms with Crippen LogP contribution >= 0.6 is 11.3 Å². The minimum atomic E-state index is 0.0127. The fraction of sp³-hybridized carbons (Fsp3) is 0.545. The van der Waals surface area contributed by atoms with Crippen molar-refractivity contribution in [3.05, 3.63) is 35.8 Å². The second kappa shape index (κ2) is 10.2. The Morgan fingerprint density at radius 1 is 1.14 bits per heavy atom. The fourth-order valence-corrected chi connectivity index (χ4v) is 4.76. The summed E-state index contributed by atoms with van der Waals surface area (Å²) >= 11 is 1.62. The number of carbonyl (C=O) groups excluding carboxylic acids is 1. The van der Waals surface area contributed by atoms with E-state index in [-0.39, 0.29) is 6.03 Å². The van der Waals surface area contributed by atoms with Crippen LogP contribution in [-0.2, 0) is 4.74 Å². The third-order valence-electron chi connectivity index (χ3n) is 5.91. The van der Waals surface area contributed by atoms with E-state index in [2.05, 4.69) is 15.2 Å². The first kappa shape index (κ1) is 20.3. The summed E-state index contributed by atoms with van der Waals surface area (Å²) < 4.78 is 5.41. The number of nitrogens with zero attached hydrogens (tertiary/aromatic N) is 3. The van der Waals surface area contributed by atoms with Crippen molar-refractivity contribution >= 4 is 23.1 Å². The van der Waals surface area contributed by atoms with Crippen molar-refractivity contribution in [3.8, 4) is 10.6 Å². The summed E-state index contributed by atoms with van der Waals surface area (Å²) in [5.74, 6) is 0.748. The zero-order valence-corrected chi connectivity index (χ0v) is 17.7. The normalized spacial score (nSPS) is 18.7. The summed E-state index contributed by atoms with van der Waals surface area (Å²) in [6, 6.07) is 7.93. The number of benzene rings is 1. The minimum Gasteiger partial charge on any atom is -0.379 e. The van der Waals surface area contributed by atoms with Crippen molar-refractivity contribution in [2.75, 3.05) is 51.3 Å². The van der Waals surface area contributed by atoms with Crippen LogP contribution in [0.1, 0.15) is 25.7 Å². The lowest BCUT2D eigenvalue weighted by atomic mass is 9.92. The van der Waals surface area contributed by atoms with Gasteiger partial charge in [0, 0.05) is 49.0 Å². The van der Waals surface area contributed by atoms with Crippen LogP contribution in [0.3, 0.4) is 0 Å². The lowest BCUT2D eigenvalue weighted by Gasteiger charge is -2.33. The molecule has 2 fully saturated rings. The Bertz CT molecular complexity index is 752. The average Bonchev–Trinajstić information content (AvgIpc) is 3.30. The van der Waals surface area contributed by atoms with Gasteiger partial charge in [0.1, 0.15) is 5.01 Å². The number of aromatic nitrogens is 1. The SMILES string of the molecule is O=C(Nc1ccc(-c2nccs2)cc1)N1CCC(CCCN2CCOCC2)CC1. The van der Waals surface area contributed by atoms with Gasteiger partial charge in [-0.05, 0) is 62.4 Å². The number of amides is 2. The number of ether oxygens (including phenoxy) is 1. The number of carbonyl (C=O) groups is 1. The molecule has 2 saturated heterocycles. The van der Waals surface area contributed by atoms with Crippen LogP contribution in [0.5, 0.6) is 0 Å². The topological polar surface area (TPSA) is 57.7 Å². The quantitative estimate of drug-likeness (QED) is 0.771. The van der Waals surface area contributed by atoms with Gasteiger partial charge in [-0.15, -0.1) is 11.3 Å². The molecule has 2 amide bonds. The van der Waals surface area contributed by atoms with Crippen molar-refractivity contribution in [2.45, 2.75) is 25.7 Å². The average molecular weight is 415 g/mol. The Labute approximate surface area is 176 Å².